The van der Waals surface area contributed by atoms with E-state index in [2.05, 4.69) is 17.3 Å². The van der Waals surface area contributed by atoms with Gasteiger partial charge in [0.2, 0.25) is 0 Å². The highest BCUT2D eigenvalue weighted by Gasteiger charge is 2.23. The summed E-state index contributed by atoms with van der Waals surface area (Å²) in [4.78, 5) is 15.0. The van der Waals surface area contributed by atoms with Crippen molar-refractivity contribution in [3.8, 4) is 5.75 Å². The molecule has 146 valence electrons. The van der Waals surface area contributed by atoms with Crippen molar-refractivity contribution in [2.24, 2.45) is 0 Å². The molecular formula is C22H24N2O4. The minimum atomic E-state index is -0.250. The Kier molecular flexibility index (Phi) is 5.60. The number of hydrogen-bond acceptors (Lipinski definition) is 5. The molecule has 1 fully saturated rings. The molecule has 0 bridgehead atoms. The van der Waals surface area contributed by atoms with Crippen LogP contribution in [-0.2, 0) is 11.3 Å². The van der Waals surface area contributed by atoms with E-state index in [9.17, 15) is 4.79 Å². The van der Waals surface area contributed by atoms with Crippen molar-refractivity contribution < 1.29 is 18.7 Å². The lowest BCUT2D eigenvalue weighted by Crippen LogP contribution is -2.46. The van der Waals surface area contributed by atoms with Crippen molar-refractivity contribution in [3.05, 3.63) is 65.9 Å². The van der Waals surface area contributed by atoms with E-state index in [1.54, 1.807) is 0 Å². The molecule has 28 heavy (non-hydrogen) atoms. The minimum absolute atomic E-state index is 0.0175. The van der Waals surface area contributed by atoms with Crippen molar-refractivity contribution in [3.63, 3.8) is 0 Å². The van der Waals surface area contributed by atoms with E-state index >= 15 is 0 Å². The molecule has 1 atom stereocenters. The van der Waals surface area contributed by atoms with Crippen LogP contribution >= 0.6 is 0 Å². The van der Waals surface area contributed by atoms with E-state index in [0.717, 1.165) is 29.8 Å². The third-order valence-corrected chi connectivity index (χ3v) is 4.86. The van der Waals surface area contributed by atoms with Crippen molar-refractivity contribution in [1.29, 1.82) is 0 Å². The molecule has 1 amide bonds. The van der Waals surface area contributed by atoms with Gasteiger partial charge in [0, 0.05) is 30.6 Å². The van der Waals surface area contributed by atoms with E-state index in [0.29, 0.717) is 24.5 Å². The number of carbonyl (C=O) groups is 1. The molecule has 2 heterocycles. The van der Waals surface area contributed by atoms with E-state index in [1.807, 2.05) is 54.6 Å². The molecule has 0 saturated carbocycles. The molecule has 4 rings (SSSR count). The minimum Gasteiger partial charge on any atom is -0.489 e. The molecule has 0 radical (unpaired) electrons. The lowest BCUT2D eigenvalue weighted by molar-refractivity contribution is -0.0175. The first-order chi connectivity index (χ1) is 13.7. The summed E-state index contributed by atoms with van der Waals surface area (Å²) >= 11 is 0. The van der Waals surface area contributed by atoms with Crippen LogP contribution in [0, 0.1) is 0 Å². The Hall–Kier alpha value is -2.83. The average molecular weight is 380 g/mol. The largest absolute Gasteiger partial charge is 0.489 e. The molecule has 1 aliphatic rings. The zero-order valence-electron chi connectivity index (χ0n) is 15.9. The summed E-state index contributed by atoms with van der Waals surface area (Å²) in [7, 11) is 2.05. The van der Waals surface area contributed by atoms with Gasteiger partial charge in [-0.05, 0) is 25.2 Å². The van der Waals surface area contributed by atoms with Gasteiger partial charge in [-0.15, -0.1) is 0 Å². The first-order valence-corrected chi connectivity index (χ1v) is 9.47. The number of furan rings is 1. The zero-order chi connectivity index (χ0) is 19.3. The number of rotatable bonds is 6. The second kappa shape index (κ2) is 8.46. The number of hydrogen-bond donors (Lipinski definition) is 1. The van der Waals surface area contributed by atoms with Crippen molar-refractivity contribution >= 4 is 16.9 Å². The van der Waals surface area contributed by atoms with Crippen LogP contribution in [0.2, 0.25) is 0 Å². The first kappa shape index (κ1) is 18.5. The number of amides is 1. The number of fused-ring (bicyclic) bond motifs is 1. The molecule has 2 aromatic carbocycles. The molecule has 3 aromatic rings. The fourth-order valence-corrected chi connectivity index (χ4v) is 3.37. The molecule has 0 aliphatic carbocycles. The normalized spacial score (nSPS) is 17.5. The third kappa shape index (κ3) is 4.18. The molecule has 6 heteroatoms. The van der Waals surface area contributed by atoms with Gasteiger partial charge in [0.25, 0.3) is 5.91 Å². The maximum absolute atomic E-state index is 12.8. The maximum Gasteiger partial charge on any atom is 0.287 e. The number of ether oxygens (including phenoxy) is 2. The molecular weight excluding hydrogens is 356 g/mol. The van der Waals surface area contributed by atoms with Crippen LogP contribution in [0.3, 0.4) is 0 Å². The monoisotopic (exact) mass is 380 g/mol. The number of nitrogens with zero attached hydrogens (tertiary/aromatic N) is 1. The van der Waals surface area contributed by atoms with E-state index in [1.165, 1.54) is 0 Å². The first-order valence-electron chi connectivity index (χ1n) is 9.47. The summed E-state index contributed by atoms with van der Waals surface area (Å²) in [5.41, 5.74) is 1.42. The fourth-order valence-electron chi connectivity index (χ4n) is 3.37. The quantitative estimate of drug-likeness (QED) is 0.712. The van der Waals surface area contributed by atoms with Crippen LogP contribution in [0.5, 0.6) is 5.75 Å². The second-order valence-corrected chi connectivity index (χ2v) is 6.97. The Morgan fingerprint density at radius 1 is 1.18 bits per heavy atom. The van der Waals surface area contributed by atoms with Gasteiger partial charge in [-0.2, -0.15) is 0 Å². The summed E-state index contributed by atoms with van der Waals surface area (Å²) in [6.45, 7) is 3.09. The third-order valence-electron chi connectivity index (χ3n) is 4.86. The molecule has 1 saturated heterocycles. The van der Waals surface area contributed by atoms with Crippen molar-refractivity contribution in [2.45, 2.75) is 12.7 Å². The van der Waals surface area contributed by atoms with E-state index < -0.39 is 0 Å². The number of carbonyl (C=O) groups excluding carboxylic acids is 1. The maximum atomic E-state index is 12.8. The Bertz CT molecular complexity index is 938. The molecule has 6 nitrogen and oxygen atoms in total. The smallest absolute Gasteiger partial charge is 0.287 e. The van der Waals surface area contributed by atoms with Gasteiger partial charge in [0.05, 0.1) is 12.7 Å². The summed E-state index contributed by atoms with van der Waals surface area (Å²) in [5, 5.41) is 3.84. The Morgan fingerprint density at radius 3 is 2.79 bits per heavy atom. The van der Waals surface area contributed by atoms with Crippen LogP contribution in [0.1, 0.15) is 16.1 Å². The number of benzene rings is 2. The predicted molar refractivity (Wildman–Crippen MR) is 107 cm³/mol. The Labute approximate surface area is 164 Å². The molecule has 1 aromatic heterocycles. The van der Waals surface area contributed by atoms with Gasteiger partial charge < -0.3 is 24.1 Å². The zero-order valence-corrected chi connectivity index (χ0v) is 15.9. The van der Waals surface area contributed by atoms with Crippen LogP contribution < -0.4 is 10.1 Å². The topological polar surface area (TPSA) is 63.9 Å². The van der Waals surface area contributed by atoms with Crippen LogP contribution in [0.4, 0.5) is 0 Å². The van der Waals surface area contributed by atoms with Crippen LogP contribution in [0.25, 0.3) is 11.0 Å². The molecule has 1 aliphatic heterocycles. The number of likely N-dealkylation sites (N-methyl/N-ethyl adjacent to an activating group) is 1. The highest BCUT2D eigenvalue weighted by atomic mass is 16.5. The van der Waals surface area contributed by atoms with Gasteiger partial charge in [0.15, 0.2) is 5.76 Å². The van der Waals surface area contributed by atoms with Crippen molar-refractivity contribution in [1.82, 2.24) is 10.2 Å². The predicted octanol–water partition coefficient (Wildman–Crippen LogP) is 3.07. The molecule has 1 N–H and O–H groups in total. The second-order valence-electron chi connectivity index (χ2n) is 6.97. The standard InChI is InChI=1S/C22H24N2O4/c1-24-11-12-26-17(14-24)13-23-22(25)21-19(15-27-16-7-3-2-4-8-16)18-9-5-6-10-20(18)28-21/h2-10,17H,11-15H2,1H3,(H,23,25)/t17-/m1/s1. The van der Waals surface area contributed by atoms with Gasteiger partial charge in [-0.3, -0.25) is 4.79 Å². The highest BCUT2D eigenvalue weighted by Crippen LogP contribution is 2.27. The summed E-state index contributed by atoms with van der Waals surface area (Å²) in [5.74, 6) is 0.791. The number of para-hydroxylation sites is 2. The molecule has 0 unspecified atom stereocenters. The van der Waals surface area contributed by atoms with Gasteiger partial charge in [-0.25, -0.2) is 0 Å². The average Bonchev–Trinajstić information content (AvgIpc) is 3.10. The highest BCUT2D eigenvalue weighted by molar-refractivity contribution is 5.99. The van der Waals surface area contributed by atoms with Gasteiger partial charge >= 0.3 is 0 Å². The Balaban J connectivity index is 1.51. The van der Waals surface area contributed by atoms with Gasteiger partial charge in [-0.1, -0.05) is 36.4 Å². The van der Waals surface area contributed by atoms with Crippen LogP contribution in [0.15, 0.2) is 59.0 Å². The number of nitrogens with one attached hydrogen (secondary N) is 1. The summed E-state index contributed by atoms with van der Waals surface area (Å²) < 4.78 is 17.5. The van der Waals surface area contributed by atoms with E-state index in [-0.39, 0.29) is 18.6 Å². The van der Waals surface area contributed by atoms with Crippen molar-refractivity contribution in [2.75, 3.05) is 33.3 Å². The molecule has 0 spiro atoms. The van der Waals surface area contributed by atoms with Crippen LogP contribution in [-0.4, -0.2) is 50.2 Å². The number of morpholine rings is 1. The Morgan fingerprint density at radius 2 is 1.96 bits per heavy atom. The fraction of sp³-hybridized carbons (Fsp3) is 0.318. The lowest BCUT2D eigenvalue weighted by Gasteiger charge is -2.30. The van der Waals surface area contributed by atoms with Gasteiger partial charge in [0.1, 0.15) is 17.9 Å². The summed E-state index contributed by atoms with van der Waals surface area (Å²) in [6, 6.07) is 17.2. The SMILES string of the molecule is CN1CCO[C@H](CNC(=O)c2oc3ccccc3c2COc2ccccc2)C1. The lowest BCUT2D eigenvalue weighted by atomic mass is 10.1. The van der Waals surface area contributed by atoms with E-state index in [4.69, 9.17) is 13.9 Å². The summed E-state index contributed by atoms with van der Waals surface area (Å²) in [6.07, 6.45) is -0.0175.